The molecule has 70 valence electrons. The monoisotopic (exact) mass is 196 g/mol. The molecule has 0 amide bonds. The highest BCUT2D eigenvalue weighted by Gasteiger charge is 2.17. The van der Waals surface area contributed by atoms with E-state index in [1.54, 1.807) is 0 Å². The van der Waals surface area contributed by atoms with E-state index in [0.29, 0.717) is 0 Å². The highest BCUT2D eigenvalue weighted by Crippen LogP contribution is 2.35. The minimum absolute atomic E-state index is 0.139. The fraction of sp³-hybridized carbons (Fsp3) is 0.400. The van der Waals surface area contributed by atoms with Crippen molar-refractivity contribution < 1.29 is 28.8 Å². The van der Waals surface area contributed by atoms with Gasteiger partial charge in [-0.3, -0.25) is 9.79 Å². The second kappa shape index (κ2) is 5.05. The highest BCUT2D eigenvalue weighted by molar-refractivity contribution is 7.46. The number of carbonyl (C=O) groups is 1. The van der Waals surface area contributed by atoms with E-state index in [1.165, 1.54) is 6.08 Å². The first-order valence-electron chi connectivity index (χ1n) is 3.02. The maximum atomic E-state index is 10.5. The molecule has 0 heterocycles. The predicted octanol–water partition coefficient (Wildman–Crippen LogP) is -0.439. The number of rotatable bonds is 4. The fourth-order valence-corrected chi connectivity index (χ4v) is 0.697. The van der Waals surface area contributed by atoms with E-state index in [2.05, 4.69) is 4.52 Å². The molecule has 0 radical (unpaired) electrons. The van der Waals surface area contributed by atoms with E-state index in [0.717, 1.165) is 6.08 Å². The Morgan fingerprint density at radius 1 is 1.50 bits per heavy atom. The Balaban J connectivity index is 3.83. The molecule has 6 nitrogen and oxygen atoms in total. The largest absolute Gasteiger partial charge is 0.527 e. The Labute approximate surface area is 68.7 Å². The van der Waals surface area contributed by atoms with Crippen LogP contribution in [0, 0.1) is 0 Å². The summed E-state index contributed by atoms with van der Waals surface area (Å²) in [6.45, 7) is -0.139. The molecule has 0 rings (SSSR count). The minimum Gasteiger partial charge on any atom is -0.396 e. The minimum atomic E-state index is -4.73. The van der Waals surface area contributed by atoms with E-state index in [9.17, 15) is 9.36 Å². The molecule has 0 spiro atoms. The number of aliphatic hydroxyl groups excluding tert-OH is 1. The van der Waals surface area contributed by atoms with E-state index in [-0.39, 0.29) is 13.0 Å². The number of hydrogen-bond acceptors (Lipinski definition) is 4. The van der Waals surface area contributed by atoms with Gasteiger partial charge in [0.05, 0.1) is 0 Å². The molecule has 0 aliphatic heterocycles. The van der Waals surface area contributed by atoms with E-state index in [4.69, 9.17) is 14.9 Å². The summed E-state index contributed by atoms with van der Waals surface area (Å²) in [4.78, 5) is 26.7. The summed E-state index contributed by atoms with van der Waals surface area (Å²) < 4.78 is 13.7. The Morgan fingerprint density at radius 3 is 2.50 bits per heavy atom. The lowest BCUT2D eigenvalue weighted by Crippen LogP contribution is -1.97. The summed E-state index contributed by atoms with van der Waals surface area (Å²) >= 11 is 0. The first-order chi connectivity index (χ1) is 5.45. The molecular formula is C5H9O6P. The van der Waals surface area contributed by atoms with Crippen molar-refractivity contribution in [2.45, 2.75) is 6.42 Å². The van der Waals surface area contributed by atoms with E-state index in [1.807, 2.05) is 0 Å². The third-order valence-electron chi connectivity index (χ3n) is 0.759. The lowest BCUT2D eigenvalue weighted by atomic mass is 10.4. The van der Waals surface area contributed by atoms with Gasteiger partial charge in [-0.1, -0.05) is 6.08 Å². The van der Waals surface area contributed by atoms with Crippen LogP contribution in [0.4, 0.5) is 0 Å². The van der Waals surface area contributed by atoms with E-state index < -0.39 is 13.8 Å². The standard InChI is InChI=1S/C5H9O6P/c6-4-2-1-3-5(7)11-12(8,9)10/h1,3,6H,2,4H2,(H2,8,9,10)/b3-1+. The van der Waals surface area contributed by atoms with Crippen molar-refractivity contribution in [2.24, 2.45) is 0 Å². The summed E-state index contributed by atoms with van der Waals surface area (Å²) in [5.74, 6) is -1.13. The summed E-state index contributed by atoms with van der Waals surface area (Å²) in [5, 5.41) is 8.25. The van der Waals surface area contributed by atoms with Gasteiger partial charge in [0.2, 0.25) is 0 Å². The number of phosphoric ester groups is 1. The number of carbonyl (C=O) groups excluding carboxylic acids is 1. The van der Waals surface area contributed by atoms with Gasteiger partial charge in [0.15, 0.2) is 0 Å². The summed E-state index contributed by atoms with van der Waals surface area (Å²) in [6, 6.07) is 0. The zero-order valence-electron chi connectivity index (χ0n) is 6.08. The smallest absolute Gasteiger partial charge is 0.396 e. The highest BCUT2D eigenvalue weighted by atomic mass is 31.2. The SMILES string of the molecule is O=C(/C=C/CCO)OP(=O)(O)O. The third-order valence-corrected chi connectivity index (χ3v) is 1.18. The lowest BCUT2D eigenvalue weighted by Gasteiger charge is -2.00. The Hall–Kier alpha value is -0.680. The second-order valence-electron chi connectivity index (χ2n) is 1.82. The molecule has 0 bridgehead atoms. The fourth-order valence-electron chi connectivity index (χ4n) is 0.402. The van der Waals surface area contributed by atoms with Gasteiger partial charge < -0.3 is 9.63 Å². The normalized spacial score (nSPS) is 11.9. The Morgan fingerprint density at radius 2 is 2.08 bits per heavy atom. The molecule has 0 unspecified atom stereocenters. The van der Waals surface area contributed by atoms with Gasteiger partial charge in [-0.2, -0.15) is 0 Å². The van der Waals surface area contributed by atoms with Crippen LogP contribution in [0.2, 0.25) is 0 Å². The van der Waals surface area contributed by atoms with E-state index >= 15 is 0 Å². The van der Waals surface area contributed by atoms with Crippen LogP contribution in [0.15, 0.2) is 12.2 Å². The number of hydrogen-bond donors (Lipinski definition) is 3. The van der Waals surface area contributed by atoms with Gasteiger partial charge in [-0.15, -0.1) is 0 Å². The van der Waals surface area contributed by atoms with Crippen molar-refractivity contribution >= 4 is 13.8 Å². The molecular weight excluding hydrogens is 187 g/mol. The van der Waals surface area contributed by atoms with Gasteiger partial charge in [0.1, 0.15) is 0 Å². The summed E-state index contributed by atoms with van der Waals surface area (Å²) in [5.41, 5.74) is 0. The van der Waals surface area contributed by atoms with Crippen LogP contribution >= 0.6 is 7.82 Å². The van der Waals surface area contributed by atoms with Crippen LogP contribution in [0.3, 0.4) is 0 Å². The van der Waals surface area contributed by atoms with Gasteiger partial charge in [0.25, 0.3) is 0 Å². The van der Waals surface area contributed by atoms with Crippen LogP contribution in [0.25, 0.3) is 0 Å². The van der Waals surface area contributed by atoms with Crippen molar-refractivity contribution in [3.05, 3.63) is 12.2 Å². The maximum absolute atomic E-state index is 10.5. The van der Waals surface area contributed by atoms with Crippen LogP contribution in [0.1, 0.15) is 6.42 Å². The molecule has 0 fully saturated rings. The molecule has 0 aromatic rings. The first kappa shape index (κ1) is 11.3. The Kier molecular flexibility index (Phi) is 4.77. The van der Waals surface area contributed by atoms with Crippen molar-refractivity contribution in [1.82, 2.24) is 0 Å². The van der Waals surface area contributed by atoms with Crippen molar-refractivity contribution in [3.8, 4) is 0 Å². The molecule has 0 saturated heterocycles. The van der Waals surface area contributed by atoms with Gasteiger partial charge in [-0.05, 0) is 6.42 Å². The second-order valence-corrected chi connectivity index (χ2v) is 2.98. The van der Waals surface area contributed by atoms with Crippen LogP contribution in [-0.2, 0) is 13.9 Å². The summed E-state index contributed by atoms with van der Waals surface area (Å²) in [7, 11) is -4.73. The molecule has 12 heavy (non-hydrogen) atoms. The average Bonchev–Trinajstić information content (AvgIpc) is 1.84. The van der Waals surface area contributed by atoms with Crippen LogP contribution < -0.4 is 0 Å². The van der Waals surface area contributed by atoms with Crippen molar-refractivity contribution in [2.75, 3.05) is 6.61 Å². The Bertz CT molecular complexity index is 216. The molecule has 0 saturated carbocycles. The number of phosphoric acid groups is 1. The topological polar surface area (TPSA) is 104 Å². The lowest BCUT2D eigenvalue weighted by molar-refractivity contribution is -0.130. The number of aliphatic hydroxyl groups is 1. The van der Waals surface area contributed by atoms with Gasteiger partial charge >= 0.3 is 13.8 Å². The zero-order chi connectivity index (χ0) is 9.61. The zero-order valence-corrected chi connectivity index (χ0v) is 6.98. The van der Waals surface area contributed by atoms with Gasteiger partial charge in [0, 0.05) is 12.7 Å². The molecule has 7 heteroatoms. The first-order valence-corrected chi connectivity index (χ1v) is 4.55. The molecule has 0 aliphatic carbocycles. The molecule has 0 aromatic carbocycles. The van der Waals surface area contributed by atoms with Crippen molar-refractivity contribution in [3.63, 3.8) is 0 Å². The predicted molar refractivity (Wildman–Crippen MR) is 39.0 cm³/mol. The van der Waals surface area contributed by atoms with Gasteiger partial charge in [-0.25, -0.2) is 9.36 Å². The molecule has 0 aliphatic rings. The molecule has 3 N–H and O–H groups in total. The molecule has 0 atom stereocenters. The third kappa shape index (κ3) is 7.43. The summed E-state index contributed by atoms with van der Waals surface area (Å²) in [6.07, 6.45) is 2.32. The average molecular weight is 196 g/mol. The van der Waals surface area contributed by atoms with Crippen molar-refractivity contribution in [1.29, 1.82) is 0 Å². The molecule has 0 aromatic heterocycles. The maximum Gasteiger partial charge on any atom is 0.527 e. The quantitative estimate of drug-likeness (QED) is 0.416. The van der Waals surface area contributed by atoms with Crippen LogP contribution in [0.5, 0.6) is 0 Å². The van der Waals surface area contributed by atoms with Crippen LogP contribution in [-0.4, -0.2) is 27.5 Å².